The van der Waals surface area contributed by atoms with Gasteiger partial charge in [-0.15, -0.1) is 11.3 Å². The van der Waals surface area contributed by atoms with Crippen LogP contribution in [0.15, 0.2) is 0 Å². The van der Waals surface area contributed by atoms with E-state index in [1.54, 1.807) is 0 Å². The first-order chi connectivity index (χ1) is 7.66. The van der Waals surface area contributed by atoms with Gasteiger partial charge in [-0.25, -0.2) is 4.98 Å². The van der Waals surface area contributed by atoms with E-state index in [0.29, 0.717) is 0 Å². The molecule has 90 valence electrons. The average molecular weight is 239 g/mol. The number of aromatic nitrogens is 1. The molecule has 0 saturated carbocycles. The molecule has 1 fully saturated rings. The van der Waals surface area contributed by atoms with E-state index in [9.17, 15) is 0 Å². The van der Waals surface area contributed by atoms with Gasteiger partial charge in [-0.1, -0.05) is 0 Å². The SMILES string of the molecule is Cc1nc(CNCC2CCCN2C)sc1C. The Morgan fingerprint density at radius 2 is 2.31 bits per heavy atom. The zero-order valence-electron chi connectivity index (χ0n) is 10.4. The smallest absolute Gasteiger partial charge is 0.107 e. The zero-order valence-corrected chi connectivity index (χ0v) is 11.2. The van der Waals surface area contributed by atoms with Crippen LogP contribution in [0.3, 0.4) is 0 Å². The number of nitrogens with zero attached hydrogens (tertiary/aromatic N) is 2. The third-order valence-corrected chi connectivity index (χ3v) is 4.47. The highest BCUT2D eigenvalue weighted by atomic mass is 32.1. The average Bonchev–Trinajstić information content (AvgIpc) is 2.76. The molecule has 1 N–H and O–H groups in total. The molecule has 0 bridgehead atoms. The van der Waals surface area contributed by atoms with E-state index in [4.69, 9.17) is 0 Å². The molecule has 1 saturated heterocycles. The van der Waals surface area contributed by atoms with Gasteiger partial charge < -0.3 is 10.2 Å². The molecule has 0 spiro atoms. The summed E-state index contributed by atoms with van der Waals surface area (Å²) in [7, 11) is 2.22. The first-order valence-electron chi connectivity index (χ1n) is 6.00. The Morgan fingerprint density at radius 1 is 1.50 bits per heavy atom. The number of likely N-dealkylation sites (N-methyl/N-ethyl adjacent to an activating group) is 1. The third-order valence-electron chi connectivity index (χ3n) is 3.40. The van der Waals surface area contributed by atoms with Gasteiger partial charge in [0, 0.05) is 24.0 Å². The van der Waals surface area contributed by atoms with Crippen LogP contribution >= 0.6 is 11.3 Å². The van der Waals surface area contributed by atoms with E-state index in [1.165, 1.54) is 35.0 Å². The van der Waals surface area contributed by atoms with Crippen molar-refractivity contribution in [3.63, 3.8) is 0 Å². The van der Waals surface area contributed by atoms with Gasteiger partial charge >= 0.3 is 0 Å². The lowest BCUT2D eigenvalue weighted by molar-refractivity contribution is 0.300. The van der Waals surface area contributed by atoms with E-state index in [1.807, 2.05) is 11.3 Å². The Bertz CT molecular complexity index is 329. The highest BCUT2D eigenvalue weighted by Gasteiger charge is 2.19. The molecule has 1 unspecified atom stereocenters. The Balaban J connectivity index is 1.75. The topological polar surface area (TPSA) is 28.2 Å². The minimum absolute atomic E-state index is 0.724. The van der Waals surface area contributed by atoms with E-state index >= 15 is 0 Å². The van der Waals surface area contributed by atoms with Crippen molar-refractivity contribution in [1.29, 1.82) is 0 Å². The molecule has 1 aromatic rings. The molecular weight excluding hydrogens is 218 g/mol. The van der Waals surface area contributed by atoms with Crippen LogP contribution in [-0.4, -0.2) is 36.1 Å². The van der Waals surface area contributed by atoms with E-state index in [-0.39, 0.29) is 0 Å². The van der Waals surface area contributed by atoms with Crippen molar-refractivity contribution in [1.82, 2.24) is 15.2 Å². The quantitative estimate of drug-likeness (QED) is 0.870. The molecule has 1 aromatic heterocycles. The fourth-order valence-corrected chi connectivity index (χ4v) is 3.10. The van der Waals surface area contributed by atoms with Gasteiger partial charge in [0.05, 0.1) is 5.69 Å². The highest BCUT2D eigenvalue weighted by molar-refractivity contribution is 7.11. The molecule has 0 aromatic carbocycles. The lowest BCUT2D eigenvalue weighted by atomic mass is 10.2. The molecule has 3 nitrogen and oxygen atoms in total. The van der Waals surface area contributed by atoms with Crippen LogP contribution in [0.1, 0.15) is 28.4 Å². The number of likely N-dealkylation sites (tertiary alicyclic amines) is 1. The van der Waals surface area contributed by atoms with Crippen molar-refractivity contribution < 1.29 is 0 Å². The number of aryl methyl sites for hydroxylation is 2. The minimum atomic E-state index is 0.724. The summed E-state index contributed by atoms with van der Waals surface area (Å²) in [5, 5.41) is 4.74. The van der Waals surface area contributed by atoms with Gasteiger partial charge in [0.25, 0.3) is 0 Å². The summed E-state index contributed by atoms with van der Waals surface area (Å²) >= 11 is 1.81. The molecule has 1 atom stereocenters. The second-order valence-electron chi connectivity index (χ2n) is 4.66. The van der Waals surface area contributed by atoms with E-state index in [0.717, 1.165) is 19.1 Å². The first-order valence-corrected chi connectivity index (χ1v) is 6.82. The summed E-state index contributed by atoms with van der Waals surface area (Å²) in [6, 6.07) is 0.724. The van der Waals surface area contributed by atoms with Gasteiger partial charge in [-0.2, -0.15) is 0 Å². The molecule has 4 heteroatoms. The normalized spacial score (nSPS) is 21.8. The molecule has 1 aliphatic rings. The molecule has 0 radical (unpaired) electrons. The molecule has 2 rings (SSSR count). The van der Waals surface area contributed by atoms with Crippen LogP contribution in [0.25, 0.3) is 0 Å². The third kappa shape index (κ3) is 2.81. The number of thiazole rings is 1. The molecular formula is C12H21N3S. The molecule has 0 aliphatic carbocycles. The number of rotatable bonds is 4. The number of hydrogen-bond donors (Lipinski definition) is 1. The van der Waals surface area contributed by atoms with Gasteiger partial charge in [0.2, 0.25) is 0 Å². The maximum atomic E-state index is 4.54. The summed E-state index contributed by atoms with van der Waals surface area (Å²) in [6.07, 6.45) is 2.68. The first kappa shape index (κ1) is 12.0. The number of hydrogen-bond acceptors (Lipinski definition) is 4. The Morgan fingerprint density at radius 3 is 2.88 bits per heavy atom. The second kappa shape index (κ2) is 5.25. The summed E-state index contributed by atoms with van der Waals surface area (Å²) < 4.78 is 0. The summed E-state index contributed by atoms with van der Waals surface area (Å²) in [5.74, 6) is 0. The fraction of sp³-hybridized carbons (Fsp3) is 0.750. The van der Waals surface area contributed by atoms with Crippen LogP contribution < -0.4 is 5.32 Å². The van der Waals surface area contributed by atoms with Crippen molar-refractivity contribution in [3.8, 4) is 0 Å². The predicted molar refractivity (Wildman–Crippen MR) is 68.9 cm³/mol. The van der Waals surface area contributed by atoms with Crippen LogP contribution in [0.4, 0.5) is 0 Å². The minimum Gasteiger partial charge on any atom is -0.309 e. The van der Waals surface area contributed by atoms with Crippen LogP contribution in [0.2, 0.25) is 0 Å². The lowest BCUT2D eigenvalue weighted by Crippen LogP contribution is -2.35. The van der Waals surface area contributed by atoms with Crippen LogP contribution in [0.5, 0.6) is 0 Å². The maximum absolute atomic E-state index is 4.54. The predicted octanol–water partition coefficient (Wildman–Crippen LogP) is 1.94. The fourth-order valence-electron chi connectivity index (χ4n) is 2.20. The Hall–Kier alpha value is -0.450. The monoisotopic (exact) mass is 239 g/mol. The second-order valence-corrected chi connectivity index (χ2v) is 5.94. The summed E-state index contributed by atoms with van der Waals surface area (Å²) in [6.45, 7) is 7.49. The van der Waals surface area contributed by atoms with Crippen molar-refractivity contribution in [3.05, 3.63) is 15.6 Å². The Labute approximate surface area is 102 Å². The van der Waals surface area contributed by atoms with E-state index < -0.39 is 0 Å². The van der Waals surface area contributed by atoms with Crippen molar-refractivity contribution in [2.75, 3.05) is 20.1 Å². The standard InChI is InChI=1S/C12H21N3S/c1-9-10(2)16-12(14-9)8-13-7-11-5-4-6-15(11)3/h11,13H,4-8H2,1-3H3. The zero-order chi connectivity index (χ0) is 11.5. The summed E-state index contributed by atoms with van der Waals surface area (Å²) in [4.78, 5) is 8.33. The number of nitrogens with one attached hydrogen (secondary N) is 1. The van der Waals surface area contributed by atoms with Crippen molar-refractivity contribution in [2.24, 2.45) is 0 Å². The van der Waals surface area contributed by atoms with Crippen molar-refractivity contribution >= 4 is 11.3 Å². The van der Waals surface area contributed by atoms with Crippen LogP contribution in [0, 0.1) is 13.8 Å². The molecule has 0 amide bonds. The van der Waals surface area contributed by atoms with Gasteiger partial charge in [-0.3, -0.25) is 0 Å². The van der Waals surface area contributed by atoms with Gasteiger partial charge in [0.1, 0.15) is 5.01 Å². The molecule has 2 heterocycles. The van der Waals surface area contributed by atoms with Gasteiger partial charge in [0.15, 0.2) is 0 Å². The molecule has 16 heavy (non-hydrogen) atoms. The summed E-state index contributed by atoms with van der Waals surface area (Å²) in [5.41, 5.74) is 1.18. The Kier molecular flexibility index (Phi) is 3.95. The van der Waals surface area contributed by atoms with Gasteiger partial charge in [-0.05, 0) is 40.3 Å². The molecule has 1 aliphatic heterocycles. The van der Waals surface area contributed by atoms with Crippen molar-refractivity contribution in [2.45, 2.75) is 39.3 Å². The lowest BCUT2D eigenvalue weighted by Gasteiger charge is -2.19. The highest BCUT2D eigenvalue weighted by Crippen LogP contribution is 2.17. The van der Waals surface area contributed by atoms with Crippen LogP contribution in [-0.2, 0) is 6.54 Å². The van der Waals surface area contributed by atoms with E-state index in [2.05, 4.69) is 36.1 Å². The largest absolute Gasteiger partial charge is 0.309 e. The maximum Gasteiger partial charge on any atom is 0.107 e.